The molecule has 9 aromatic rings. The van der Waals surface area contributed by atoms with Crippen molar-refractivity contribution in [2.24, 2.45) is 0 Å². The molecule has 0 bridgehead atoms. The number of fused-ring (bicyclic) bond motifs is 6. The normalized spacial score (nSPS) is 15.9. The van der Waals surface area contributed by atoms with Crippen LogP contribution in [-0.4, -0.2) is 272 Å². The second-order valence-electron chi connectivity index (χ2n) is 30.2. The molecule has 9 heterocycles. The Kier molecular flexibility index (Phi) is 25.5. The molecule has 3 N–H and O–H groups in total. The van der Waals surface area contributed by atoms with Gasteiger partial charge in [-0.15, -0.1) is 0 Å². The Labute approximate surface area is 661 Å². The van der Waals surface area contributed by atoms with Gasteiger partial charge in [0, 0.05) is 186 Å². The first kappa shape index (κ1) is 79.5. The van der Waals surface area contributed by atoms with E-state index in [1.165, 1.54) is 18.2 Å². The third-order valence-electron chi connectivity index (χ3n) is 21.4. The standard InChI is InChI=1S/2C29H36N6O3.C28H34N6O3/c1-5-27(37)33-12-14-34(15-13-33)28-24-10-11-35(26-17-22(36)16-21-8-6-7-9-23(21)26)19-25(24)30-29(31-28)38-20(2)18-32(3)4;1-4-27(37)33-13-15-34(16-14-33)28-24-10-12-35(26-19-22(36)18-21-8-5-6-9-23(21)26)20-25(24)30-29(31-28)38-17-7-11-32(2)3;1-4-26(36)32-11-13-33(14-12-32)27-23-9-10-34(19-24(23)29-28(30-27)37-16-15-31(2)3)25-18-21(35)17-20-7-5-6-8-22(20)25/h5-9,16-17,20,36H,1,10-15,18-19H2,2-4H3;4-6,8-9,18-19,36H,1,7,10-17,20H2,2-3H3;4-8,17-18,35H,1,9-16,19H2,2-3H3. The van der Waals surface area contributed by atoms with E-state index < -0.39 is 0 Å². The number of carbonyl (C=O) groups is 3. The second-order valence-corrected chi connectivity index (χ2v) is 30.2. The van der Waals surface area contributed by atoms with Crippen molar-refractivity contribution in [1.29, 1.82) is 0 Å². The number of benzene rings is 6. The van der Waals surface area contributed by atoms with Gasteiger partial charge in [-0.1, -0.05) is 92.5 Å². The van der Waals surface area contributed by atoms with E-state index >= 15 is 0 Å². The summed E-state index contributed by atoms with van der Waals surface area (Å²) in [5.74, 6) is 3.35. The number of nitrogens with zero attached hydrogens (tertiary/aromatic N) is 18. The second kappa shape index (κ2) is 36.3. The molecule has 113 heavy (non-hydrogen) atoms. The van der Waals surface area contributed by atoms with Gasteiger partial charge in [0.25, 0.3) is 0 Å². The first-order chi connectivity index (χ1) is 54.7. The maximum atomic E-state index is 12.1. The van der Waals surface area contributed by atoms with E-state index in [0.29, 0.717) is 129 Å². The highest BCUT2D eigenvalue weighted by Crippen LogP contribution is 2.41. The number of phenols is 3. The molecule has 6 aliphatic rings. The van der Waals surface area contributed by atoms with Crippen LogP contribution in [0.5, 0.6) is 35.3 Å². The molecular formula is C86H106N18O9. The third-order valence-corrected chi connectivity index (χ3v) is 21.4. The van der Waals surface area contributed by atoms with Crippen molar-refractivity contribution in [3.63, 3.8) is 0 Å². The number of piperazine rings is 3. The molecule has 27 nitrogen and oxygen atoms in total. The molecule has 0 radical (unpaired) electrons. The van der Waals surface area contributed by atoms with Crippen LogP contribution in [0, 0.1) is 0 Å². The number of aromatic hydroxyl groups is 3. The molecule has 0 saturated carbocycles. The lowest BCUT2D eigenvalue weighted by Crippen LogP contribution is -2.49. The Balaban J connectivity index is 0.000000148. The molecule has 1 atom stereocenters. The minimum atomic E-state index is -0.0762. The summed E-state index contributed by atoms with van der Waals surface area (Å²) >= 11 is 0. The monoisotopic (exact) mass is 1530 g/mol. The van der Waals surface area contributed by atoms with E-state index in [0.717, 1.165) is 166 Å². The van der Waals surface area contributed by atoms with Crippen molar-refractivity contribution in [2.75, 3.05) is 203 Å². The van der Waals surface area contributed by atoms with Crippen molar-refractivity contribution in [3.8, 4) is 35.3 Å². The zero-order valence-electron chi connectivity index (χ0n) is 66.3. The van der Waals surface area contributed by atoms with Crippen LogP contribution in [0.4, 0.5) is 34.5 Å². The number of rotatable bonds is 22. The topological polar surface area (TPSA) is 256 Å². The highest BCUT2D eigenvalue weighted by atomic mass is 16.5. The molecule has 1 unspecified atom stereocenters. The maximum absolute atomic E-state index is 12.1. The van der Waals surface area contributed by atoms with E-state index in [1.807, 2.05) is 137 Å². The summed E-state index contributed by atoms with van der Waals surface area (Å²) < 4.78 is 18.2. The average molecular weight is 1540 g/mol. The number of hydrogen-bond acceptors (Lipinski definition) is 24. The fourth-order valence-electron chi connectivity index (χ4n) is 15.8. The highest BCUT2D eigenvalue weighted by molar-refractivity contribution is 5.98. The van der Waals surface area contributed by atoms with Gasteiger partial charge in [-0.2, -0.15) is 29.9 Å². The maximum Gasteiger partial charge on any atom is 0.318 e. The van der Waals surface area contributed by atoms with Gasteiger partial charge in [-0.3, -0.25) is 14.4 Å². The predicted molar refractivity (Wildman–Crippen MR) is 446 cm³/mol. The van der Waals surface area contributed by atoms with Crippen molar-refractivity contribution in [2.45, 2.75) is 58.3 Å². The van der Waals surface area contributed by atoms with Crippen LogP contribution in [0.1, 0.15) is 47.1 Å². The van der Waals surface area contributed by atoms with Crippen LogP contribution < -0.4 is 43.6 Å². The molecule has 27 heteroatoms. The lowest BCUT2D eigenvalue weighted by atomic mass is 10.0. The molecule has 15 rings (SSSR count). The molecule has 3 aromatic heterocycles. The first-order valence-corrected chi connectivity index (χ1v) is 39.1. The van der Waals surface area contributed by atoms with Crippen LogP contribution >= 0.6 is 0 Å². The summed E-state index contributed by atoms with van der Waals surface area (Å²) in [5.41, 5.74) is 9.19. The Morgan fingerprint density at radius 3 is 1.08 bits per heavy atom. The first-order valence-electron chi connectivity index (χ1n) is 39.1. The van der Waals surface area contributed by atoms with E-state index in [9.17, 15) is 29.7 Å². The van der Waals surface area contributed by atoms with Crippen molar-refractivity contribution in [1.82, 2.24) is 59.3 Å². The van der Waals surface area contributed by atoms with E-state index in [4.69, 9.17) is 44.1 Å². The number of ether oxygens (including phenoxy) is 3. The molecular weight excluding hydrogens is 1430 g/mol. The van der Waals surface area contributed by atoms with Crippen LogP contribution in [0.3, 0.4) is 0 Å². The SMILES string of the molecule is C=CC(=O)N1CCN(c2nc(OC(C)CN(C)C)nc3c2CCN(c2cc(O)cc4ccccc24)C3)CC1.C=CC(=O)N1CCN(c2nc(OCCCN(C)C)nc3c2CCN(c2cc(O)cc4ccccc24)C3)CC1.C=CC(=O)N1CCN(c2nc(OCCN(C)C)nc3c2CCN(c2cc(O)cc4ccccc24)C3)CC1. The summed E-state index contributed by atoms with van der Waals surface area (Å²) in [4.78, 5) is 90.8. The van der Waals surface area contributed by atoms with E-state index in [-0.39, 0.29) is 41.1 Å². The van der Waals surface area contributed by atoms with Gasteiger partial charge in [0.05, 0.1) is 43.3 Å². The van der Waals surface area contributed by atoms with Crippen molar-refractivity contribution in [3.05, 3.63) is 181 Å². The van der Waals surface area contributed by atoms with Crippen molar-refractivity contribution >= 4 is 84.6 Å². The summed E-state index contributed by atoms with van der Waals surface area (Å²) in [6.45, 7) is 28.4. The molecule has 3 fully saturated rings. The number of anilines is 6. The quantitative estimate of drug-likeness (QED) is 0.0423. The number of carbonyl (C=O) groups excluding carboxylic acids is 3. The third kappa shape index (κ3) is 19.2. The fourth-order valence-corrected chi connectivity index (χ4v) is 15.8. The largest absolute Gasteiger partial charge is 0.508 e. The molecule has 6 aliphatic heterocycles. The Bertz CT molecular complexity index is 4920. The zero-order valence-corrected chi connectivity index (χ0v) is 66.3. The van der Waals surface area contributed by atoms with Crippen molar-refractivity contribution < 1.29 is 43.9 Å². The van der Waals surface area contributed by atoms with E-state index in [2.05, 4.69) is 82.0 Å². The fraction of sp³-hybridized carbons (Fsp3) is 0.407. The lowest BCUT2D eigenvalue weighted by molar-refractivity contribution is -0.127. The average Bonchev–Trinajstić information content (AvgIpc) is 0.785. The van der Waals surface area contributed by atoms with Gasteiger partial charge < -0.3 is 88.3 Å². The molecule has 0 spiro atoms. The molecule has 6 aromatic carbocycles. The van der Waals surface area contributed by atoms with Gasteiger partial charge in [-0.25, -0.2) is 0 Å². The summed E-state index contributed by atoms with van der Waals surface area (Å²) in [6, 6.07) is 36.4. The Hall–Kier alpha value is -11.6. The summed E-state index contributed by atoms with van der Waals surface area (Å²) in [6.07, 6.45) is 7.26. The zero-order chi connectivity index (χ0) is 79.4. The predicted octanol–water partition coefficient (Wildman–Crippen LogP) is 8.80. The van der Waals surface area contributed by atoms with Crippen LogP contribution in [-0.2, 0) is 53.3 Å². The Morgan fingerprint density at radius 2 is 0.743 bits per heavy atom. The lowest BCUT2D eigenvalue weighted by Gasteiger charge is -2.38. The minimum absolute atomic E-state index is 0.0340. The van der Waals surface area contributed by atoms with Crippen LogP contribution in [0.15, 0.2) is 147 Å². The highest BCUT2D eigenvalue weighted by Gasteiger charge is 2.34. The van der Waals surface area contributed by atoms with Crippen LogP contribution in [0.2, 0.25) is 0 Å². The molecule has 3 saturated heterocycles. The Morgan fingerprint density at radius 1 is 0.416 bits per heavy atom. The van der Waals surface area contributed by atoms with Gasteiger partial charge >= 0.3 is 18.0 Å². The number of phenolic OH excluding ortho intramolecular Hbond substituents is 3. The van der Waals surface area contributed by atoms with Gasteiger partial charge in [0.1, 0.15) is 47.4 Å². The number of aromatic nitrogens is 6. The number of hydrogen-bond donors (Lipinski definition) is 3. The van der Waals surface area contributed by atoms with Gasteiger partial charge in [-0.05, 0) is 127 Å². The van der Waals surface area contributed by atoms with Crippen LogP contribution in [0.25, 0.3) is 32.3 Å². The molecule has 0 aliphatic carbocycles. The summed E-state index contributed by atoms with van der Waals surface area (Å²) in [5, 5.41) is 37.6. The van der Waals surface area contributed by atoms with Gasteiger partial charge in [0.15, 0.2) is 0 Å². The van der Waals surface area contributed by atoms with Gasteiger partial charge in [0.2, 0.25) is 17.7 Å². The minimum Gasteiger partial charge on any atom is -0.508 e. The molecule has 3 amide bonds. The smallest absolute Gasteiger partial charge is 0.318 e. The number of amides is 3. The number of likely N-dealkylation sites (N-methyl/N-ethyl adjacent to an activating group) is 2. The van der Waals surface area contributed by atoms with E-state index in [1.54, 1.807) is 18.2 Å². The summed E-state index contributed by atoms with van der Waals surface area (Å²) in [7, 11) is 12.1. The molecule has 594 valence electrons.